The summed E-state index contributed by atoms with van der Waals surface area (Å²) in [6.07, 6.45) is 0.864. The molecule has 0 atom stereocenters. The standard InChI is InChI=1S/C20H18FN3O2/c21-16-6-2-1-5-14(16)19-15-11-24(9-8-17(15)22-23-19)10-13-4-3-7-18-20(13)26-12-25-18/h1-7H,8-12H2,(H,22,23). The van der Waals surface area contributed by atoms with E-state index in [1.165, 1.54) is 6.07 Å². The van der Waals surface area contributed by atoms with E-state index in [9.17, 15) is 4.39 Å². The second-order valence-electron chi connectivity index (χ2n) is 6.62. The summed E-state index contributed by atoms with van der Waals surface area (Å²) < 4.78 is 25.3. The molecule has 3 aromatic rings. The van der Waals surface area contributed by atoms with Crippen molar-refractivity contribution in [1.29, 1.82) is 0 Å². The van der Waals surface area contributed by atoms with E-state index >= 15 is 0 Å². The Morgan fingerprint density at radius 3 is 2.96 bits per heavy atom. The molecule has 26 heavy (non-hydrogen) atoms. The van der Waals surface area contributed by atoms with E-state index in [-0.39, 0.29) is 12.6 Å². The molecule has 0 aliphatic carbocycles. The maximum atomic E-state index is 14.2. The minimum atomic E-state index is -0.245. The van der Waals surface area contributed by atoms with Crippen molar-refractivity contribution in [1.82, 2.24) is 15.1 Å². The van der Waals surface area contributed by atoms with Crippen LogP contribution in [0.5, 0.6) is 11.5 Å². The van der Waals surface area contributed by atoms with Crippen molar-refractivity contribution >= 4 is 0 Å². The van der Waals surface area contributed by atoms with Gasteiger partial charge in [-0.05, 0) is 18.2 Å². The summed E-state index contributed by atoms with van der Waals surface area (Å²) in [7, 11) is 0. The first-order valence-electron chi connectivity index (χ1n) is 8.70. The Morgan fingerprint density at radius 1 is 1.12 bits per heavy atom. The molecular weight excluding hydrogens is 333 g/mol. The zero-order valence-corrected chi connectivity index (χ0v) is 14.2. The number of H-pyrrole nitrogens is 1. The van der Waals surface area contributed by atoms with E-state index in [4.69, 9.17) is 9.47 Å². The molecule has 1 aromatic heterocycles. The van der Waals surface area contributed by atoms with Crippen LogP contribution in [0, 0.1) is 5.82 Å². The van der Waals surface area contributed by atoms with Crippen molar-refractivity contribution in [2.24, 2.45) is 0 Å². The van der Waals surface area contributed by atoms with E-state index in [2.05, 4.69) is 21.2 Å². The van der Waals surface area contributed by atoms with Crippen molar-refractivity contribution in [2.75, 3.05) is 13.3 Å². The molecule has 2 aliphatic heterocycles. The minimum Gasteiger partial charge on any atom is -0.454 e. The average Bonchev–Trinajstić information content (AvgIpc) is 3.29. The number of para-hydroxylation sites is 1. The third-order valence-corrected chi connectivity index (χ3v) is 5.01. The summed E-state index contributed by atoms with van der Waals surface area (Å²) >= 11 is 0. The maximum absolute atomic E-state index is 14.2. The lowest BCUT2D eigenvalue weighted by atomic mass is 10.00. The highest BCUT2D eigenvalue weighted by molar-refractivity contribution is 5.65. The summed E-state index contributed by atoms with van der Waals surface area (Å²) in [6, 6.07) is 12.8. The average molecular weight is 351 g/mol. The largest absolute Gasteiger partial charge is 0.454 e. The number of aromatic nitrogens is 2. The monoisotopic (exact) mass is 351 g/mol. The second-order valence-corrected chi connectivity index (χ2v) is 6.62. The highest BCUT2D eigenvalue weighted by Crippen LogP contribution is 2.37. The zero-order chi connectivity index (χ0) is 17.5. The van der Waals surface area contributed by atoms with E-state index in [1.54, 1.807) is 12.1 Å². The fourth-order valence-electron chi connectivity index (χ4n) is 3.72. The van der Waals surface area contributed by atoms with Gasteiger partial charge in [-0.15, -0.1) is 0 Å². The molecule has 5 nitrogen and oxygen atoms in total. The number of hydrogen-bond donors (Lipinski definition) is 1. The molecule has 3 heterocycles. The molecule has 2 aromatic carbocycles. The van der Waals surface area contributed by atoms with E-state index in [0.717, 1.165) is 54.4 Å². The number of nitrogens with zero attached hydrogens (tertiary/aromatic N) is 2. The first-order chi connectivity index (χ1) is 12.8. The van der Waals surface area contributed by atoms with Crippen molar-refractivity contribution in [3.8, 4) is 22.8 Å². The highest BCUT2D eigenvalue weighted by Gasteiger charge is 2.26. The van der Waals surface area contributed by atoms with Gasteiger partial charge in [-0.1, -0.05) is 24.3 Å². The molecule has 0 unspecified atom stereocenters. The molecule has 132 valence electrons. The SMILES string of the molecule is Fc1ccccc1-c1n[nH]c2c1CN(Cc1cccc3c1OCO3)CC2. The first kappa shape index (κ1) is 15.4. The van der Waals surface area contributed by atoms with Crippen LogP contribution in [0.4, 0.5) is 4.39 Å². The normalized spacial score (nSPS) is 15.9. The smallest absolute Gasteiger partial charge is 0.231 e. The van der Waals surface area contributed by atoms with Gasteiger partial charge in [-0.2, -0.15) is 5.10 Å². The molecule has 1 N–H and O–H groups in total. The lowest BCUT2D eigenvalue weighted by Gasteiger charge is -2.27. The van der Waals surface area contributed by atoms with Crippen LogP contribution in [0.15, 0.2) is 42.5 Å². The number of hydrogen-bond acceptors (Lipinski definition) is 4. The van der Waals surface area contributed by atoms with Gasteiger partial charge >= 0.3 is 0 Å². The molecule has 0 radical (unpaired) electrons. The Morgan fingerprint density at radius 2 is 2.04 bits per heavy atom. The van der Waals surface area contributed by atoms with Gasteiger partial charge in [-0.25, -0.2) is 4.39 Å². The predicted molar refractivity (Wildman–Crippen MR) is 94.4 cm³/mol. The number of benzene rings is 2. The molecular formula is C20H18FN3O2. The van der Waals surface area contributed by atoms with Crippen LogP contribution >= 0.6 is 0 Å². The number of nitrogens with one attached hydrogen (secondary N) is 1. The fraction of sp³-hybridized carbons (Fsp3) is 0.250. The van der Waals surface area contributed by atoms with Gasteiger partial charge < -0.3 is 9.47 Å². The van der Waals surface area contributed by atoms with E-state index in [0.29, 0.717) is 11.3 Å². The highest BCUT2D eigenvalue weighted by atomic mass is 19.1. The Hall–Kier alpha value is -2.86. The molecule has 0 fully saturated rings. The lowest BCUT2D eigenvalue weighted by molar-refractivity contribution is 0.171. The van der Waals surface area contributed by atoms with Crippen molar-refractivity contribution in [3.63, 3.8) is 0 Å². The zero-order valence-electron chi connectivity index (χ0n) is 14.2. The minimum absolute atomic E-state index is 0.245. The van der Waals surface area contributed by atoms with Gasteiger partial charge in [0.2, 0.25) is 6.79 Å². The van der Waals surface area contributed by atoms with Gasteiger partial charge in [0.25, 0.3) is 0 Å². The first-order valence-corrected chi connectivity index (χ1v) is 8.70. The van der Waals surface area contributed by atoms with Gasteiger partial charge in [-0.3, -0.25) is 10.00 Å². The number of ether oxygens (including phenoxy) is 2. The van der Waals surface area contributed by atoms with Crippen LogP contribution in [0.3, 0.4) is 0 Å². The number of fused-ring (bicyclic) bond motifs is 2. The van der Waals surface area contributed by atoms with Crippen molar-refractivity contribution in [2.45, 2.75) is 19.5 Å². The third-order valence-electron chi connectivity index (χ3n) is 5.01. The summed E-state index contributed by atoms with van der Waals surface area (Å²) in [4.78, 5) is 2.33. The fourth-order valence-corrected chi connectivity index (χ4v) is 3.72. The lowest BCUT2D eigenvalue weighted by Crippen LogP contribution is -2.30. The molecule has 0 spiro atoms. The van der Waals surface area contributed by atoms with Gasteiger partial charge in [0.05, 0.1) is 5.69 Å². The molecule has 2 aliphatic rings. The molecule has 0 amide bonds. The molecule has 0 bridgehead atoms. The van der Waals surface area contributed by atoms with Crippen LogP contribution in [0.25, 0.3) is 11.3 Å². The molecule has 0 saturated carbocycles. The Bertz CT molecular complexity index is 969. The summed E-state index contributed by atoms with van der Waals surface area (Å²) in [5.41, 5.74) is 4.53. The van der Waals surface area contributed by atoms with Crippen LogP contribution in [-0.4, -0.2) is 28.4 Å². The summed E-state index contributed by atoms with van der Waals surface area (Å²) in [6.45, 7) is 2.67. The van der Waals surface area contributed by atoms with Crippen molar-refractivity contribution < 1.29 is 13.9 Å². The number of halogens is 1. The predicted octanol–water partition coefficient (Wildman–Crippen LogP) is 3.50. The Balaban J connectivity index is 1.43. The Kier molecular flexibility index (Phi) is 3.64. The molecule has 6 heteroatoms. The number of rotatable bonds is 3. The van der Waals surface area contributed by atoms with Crippen molar-refractivity contribution in [3.05, 3.63) is 65.1 Å². The summed E-state index contributed by atoms with van der Waals surface area (Å²) in [5.74, 6) is 1.39. The second kappa shape index (κ2) is 6.14. The van der Waals surface area contributed by atoms with Crippen LogP contribution < -0.4 is 9.47 Å². The molecule has 0 saturated heterocycles. The third kappa shape index (κ3) is 2.54. The number of aromatic amines is 1. The van der Waals surface area contributed by atoms with E-state index < -0.39 is 0 Å². The van der Waals surface area contributed by atoms with Crippen LogP contribution in [0.2, 0.25) is 0 Å². The van der Waals surface area contributed by atoms with Gasteiger partial charge in [0, 0.05) is 48.4 Å². The van der Waals surface area contributed by atoms with E-state index in [1.807, 2.05) is 18.2 Å². The Labute approximate surface area is 150 Å². The van der Waals surface area contributed by atoms with Crippen LogP contribution in [-0.2, 0) is 19.5 Å². The van der Waals surface area contributed by atoms with Crippen LogP contribution in [0.1, 0.15) is 16.8 Å². The maximum Gasteiger partial charge on any atom is 0.231 e. The quantitative estimate of drug-likeness (QED) is 0.785. The summed E-state index contributed by atoms with van der Waals surface area (Å²) in [5, 5.41) is 7.48. The molecule has 5 rings (SSSR count). The van der Waals surface area contributed by atoms with Gasteiger partial charge in [0.15, 0.2) is 11.5 Å². The van der Waals surface area contributed by atoms with Gasteiger partial charge in [0.1, 0.15) is 5.82 Å². The topological polar surface area (TPSA) is 50.4 Å².